The van der Waals surface area contributed by atoms with Gasteiger partial charge < -0.3 is 15.7 Å². The Kier molecular flexibility index (Phi) is 5.43. The standard InChI is InChI=1S/C15H18F2N2O3/c16-10-5-9(6-11(17)7-10)15(22)18-8-14(21)19-12-3-1-2-4-13(12)20/h5-7,12-13,20H,1-4,8H2,(H,18,22)(H,19,21). The van der Waals surface area contributed by atoms with E-state index in [1.54, 1.807) is 0 Å². The van der Waals surface area contributed by atoms with Gasteiger partial charge in [-0.2, -0.15) is 0 Å². The molecule has 0 saturated heterocycles. The number of carbonyl (C=O) groups is 2. The SMILES string of the molecule is O=C(CNC(=O)c1cc(F)cc(F)c1)NC1CCCCC1O. The van der Waals surface area contributed by atoms with Gasteiger partial charge in [-0.1, -0.05) is 12.8 Å². The van der Waals surface area contributed by atoms with Crippen molar-refractivity contribution in [1.82, 2.24) is 10.6 Å². The quantitative estimate of drug-likeness (QED) is 0.779. The molecule has 0 heterocycles. The second-order valence-corrected chi connectivity index (χ2v) is 5.37. The molecule has 0 radical (unpaired) electrons. The molecule has 120 valence electrons. The van der Waals surface area contributed by atoms with E-state index in [-0.39, 0.29) is 18.2 Å². The van der Waals surface area contributed by atoms with Crippen LogP contribution in [0, 0.1) is 11.6 Å². The minimum absolute atomic E-state index is 0.192. The van der Waals surface area contributed by atoms with Gasteiger partial charge in [-0.15, -0.1) is 0 Å². The largest absolute Gasteiger partial charge is 0.391 e. The molecule has 0 aliphatic heterocycles. The highest BCUT2D eigenvalue weighted by molar-refractivity contribution is 5.96. The zero-order chi connectivity index (χ0) is 16.1. The number of aliphatic hydroxyl groups is 1. The molecule has 3 N–H and O–H groups in total. The van der Waals surface area contributed by atoms with Crippen LogP contribution >= 0.6 is 0 Å². The molecule has 5 nitrogen and oxygen atoms in total. The highest BCUT2D eigenvalue weighted by atomic mass is 19.1. The maximum absolute atomic E-state index is 13.0. The molecule has 1 saturated carbocycles. The monoisotopic (exact) mass is 312 g/mol. The highest BCUT2D eigenvalue weighted by Gasteiger charge is 2.24. The topological polar surface area (TPSA) is 78.4 Å². The zero-order valence-corrected chi connectivity index (χ0v) is 11.9. The molecular formula is C15H18F2N2O3. The van der Waals surface area contributed by atoms with Gasteiger partial charge in [0.15, 0.2) is 0 Å². The molecule has 2 atom stereocenters. The Morgan fingerprint density at radius 1 is 1.14 bits per heavy atom. The van der Waals surface area contributed by atoms with Gasteiger partial charge in [-0.25, -0.2) is 8.78 Å². The normalized spacial score (nSPS) is 21.2. The van der Waals surface area contributed by atoms with Crippen LogP contribution in [0.5, 0.6) is 0 Å². The van der Waals surface area contributed by atoms with Crippen LogP contribution in [0.25, 0.3) is 0 Å². The number of nitrogens with one attached hydrogen (secondary N) is 2. The fourth-order valence-corrected chi connectivity index (χ4v) is 2.49. The zero-order valence-electron chi connectivity index (χ0n) is 11.9. The minimum Gasteiger partial charge on any atom is -0.391 e. The predicted octanol–water partition coefficient (Wildman–Crippen LogP) is 1.11. The first-order valence-corrected chi connectivity index (χ1v) is 7.17. The third-order valence-corrected chi connectivity index (χ3v) is 3.61. The molecule has 1 aromatic rings. The van der Waals surface area contributed by atoms with Crippen LogP contribution in [0.3, 0.4) is 0 Å². The van der Waals surface area contributed by atoms with Crippen LogP contribution < -0.4 is 10.6 Å². The third-order valence-electron chi connectivity index (χ3n) is 3.61. The third kappa shape index (κ3) is 4.49. The van der Waals surface area contributed by atoms with Crippen molar-refractivity contribution in [2.75, 3.05) is 6.54 Å². The molecule has 2 rings (SSSR count). The Morgan fingerprint density at radius 2 is 1.77 bits per heavy atom. The summed E-state index contributed by atoms with van der Waals surface area (Å²) in [4.78, 5) is 23.5. The van der Waals surface area contributed by atoms with Gasteiger partial charge in [0.2, 0.25) is 5.91 Å². The Bertz CT molecular complexity index is 545. The molecule has 1 fully saturated rings. The van der Waals surface area contributed by atoms with Crippen LogP contribution in [-0.4, -0.2) is 35.6 Å². The summed E-state index contributed by atoms with van der Waals surface area (Å²) in [5.41, 5.74) is -0.192. The van der Waals surface area contributed by atoms with E-state index in [0.717, 1.165) is 25.0 Å². The lowest BCUT2D eigenvalue weighted by atomic mass is 9.92. The Morgan fingerprint density at radius 3 is 2.41 bits per heavy atom. The second-order valence-electron chi connectivity index (χ2n) is 5.37. The lowest BCUT2D eigenvalue weighted by Crippen LogP contribution is -2.48. The van der Waals surface area contributed by atoms with Crippen LogP contribution in [-0.2, 0) is 4.79 Å². The number of halogens is 2. The van der Waals surface area contributed by atoms with E-state index in [2.05, 4.69) is 10.6 Å². The van der Waals surface area contributed by atoms with E-state index in [0.29, 0.717) is 18.9 Å². The average Bonchev–Trinajstić information content (AvgIpc) is 2.46. The summed E-state index contributed by atoms with van der Waals surface area (Å²) in [6.45, 7) is -0.319. The number of amides is 2. The summed E-state index contributed by atoms with van der Waals surface area (Å²) in [6.07, 6.45) is 2.60. The fourth-order valence-electron chi connectivity index (χ4n) is 2.49. The number of benzene rings is 1. The van der Waals surface area contributed by atoms with Gasteiger partial charge in [-0.05, 0) is 25.0 Å². The molecule has 1 aliphatic rings. The maximum atomic E-state index is 13.0. The smallest absolute Gasteiger partial charge is 0.251 e. The van der Waals surface area contributed by atoms with Crippen molar-refractivity contribution in [3.05, 3.63) is 35.4 Å². The fraction of sp³-hybridized carbons (Fsp3) is 0.467. The van der Waals surface area contributed by atoms with Gasteiger partial charge >= 0.3 is 0 Å². The lowest BCUT2D eigenvalue weighted by Gasteiger charge is -2.28. The molecule has 0 bridgehead atoms. The first kappa shape index (κ1) is 16.4. The number of rotatable bonds is 4. The van der Waals surface area contributed by atoms with E-state index < -0.39 is 29.6 Å². The summed E-state index contributed by atoms with van der Waals surface area (Å²) in [5, 5.41) is 14.7. The van der Waals surface area contributed by atoms with Gasteiger partial charge in [0.1, 0.15) is 11.6 Å². The summed E-state index contributed by atoms with van der Waals surface area (Å²) in [6, 6.07) is 2.13. The molecule has 2 amide bonds. The van der Waals surface area contributed by atoms with Crippen molar-refractivity contribution < 1.29 is 23.5 Å². The number of hydrogen-bond acceptors (Lipinski definition) is 3. The first-order chi connectivity index (χ1) is 10.5. The highest BCUT2D eigenvalue weighted by Crippen LogP contribution is 2.18. The number of carbonyl (C=O) groups excluding carboxylic acids is 2. The molecule has 2 unspecified atom stereocenters. The Balaban J connectivity index is 1.83. The molecular weight excluding hydrogens is 294 g/mol. The van der Waals surface area contributed by atoms with Crippen molar-refractivity contribution in [3.63, 3.8) is 0 Å². The van der Waals surface area contributed by atoms with E-state index in [4.69, 9.17) is 0 Å². The van der Waals surface area contributed by atoms with Crippen LogP contribution in [0.15, 0.2) is 18.2 Å². The van der Waals surface area contributed by atoms with E-state index in [1.807, 2.05) is 0 Å². The van der Waals surface area contributed by atoms with E-state index >= 15 is 0 Å². The van der Waals surface area contributed by atoms with Crippen LogP contribution in [0.1, 0.15) is 36.0 Å². The molecule has 7 heteroatoms. The number of aliphatic hydroxyl groups excluding tert-OH is 1. The molecule has 1 aliphatic carbocycles. The van der Waals surface area contributed by atoms with Crippen molar-refractivity contribution in [1.29, 1.82) is 0 Å². The number of hydrogen-bond donors (Lipinski definition) is 3. The van der Waals surface area contributed by atoms with Gasteiger partial charge in [0.25, 0.3) is 5.91 Å². The predicted molar refractivity (Wildman–Crippen MR) is 75.1 cm³/mol. The molecule has 22 heavy (non-hydrogen) atoms. The summed E-state index contributed by atoms with van der Waals surface area (Å²) < 4.78 is 26.0. The average molecular weight is 312 g/mol. The summed E-state index contributed by atoms with van der Waals surface area (Å²) >= 11 is 0. The van der Waals surface area contributed by atoms with Crippen molar-refractivity contribution >= 4 is 11.8 Å². The van der Waals surface area contributed by atoms with Gasteiger partial charge in [0, 0.05) is 11.6 Å². The van der Waals surface area contributed by atoms with Crippen molar-refractivity contribution in [2.24, 2.45) is 0 Å². The second kappa shape index (κ2) is 7.31. The minimum atomic E-state index is -0.861. The van der Waals surface area contributed by atoms with Crippen LogP contribution in [0.4, 0.5) is 8.78 Å². The van der Waals surface area contributed by atoms with Crippen LogP contribution in [0.2, 0.25) is 0 Å². The summed E-state index contributed by atoms with van der Waals surface area (Å²) in [7, 11) is 0. The molecule has 0 spiro atoms. The van der Waals surface area contributed by atoms with Gasteiger partial charge in [-0.3, -0.25) is 9.59 Å². The molecule has 1 aromatic carbocycles. The lowest BCUT2D eigenvalue weighted by molar-refractivity contribution is -0.122. The Hall–Kier alpha value is -2.02. The summed E-state index contributed by atoms with van der Waals surface area (Å²) in [5.74, 6) is -2.91. The first-order valence-electron chi connectivity index (χ1n) is 7.17. The molecule has 0 aromatic heterocycles. The van der Waals surface area contributed by atoms with Crippen molar-refractivity contribution in [2.45, 2.75) is 37.8 Å². The van der Waals surface area contributed by atoms with E-state index in [1.165, 1.54) is 0 Å². The Labute approximate surface area is 126 Å². The van der Waals surface area contributed by atoms with E-state index in [9.17, 15) is 23.5 Å². The van der Waals surface area contributed by atoms with Gasteiger partial charge in [0.05, 0.1) is 18.7 Å². The van der Waals surface area contributed by atoms with Crippen molar-refractivity contribution in [3.8, 4) is 0 Å². The maximum Gasteiger partial charge on any atom is 0.251 e.